The second kappa shape index (κ2) is 7.74. The Kier molecular flexibility index (Phi) is 7.01. The van der Waals surface area contributed by atoms with E-state index in [1.165, 1.54) is 0 Å². The van der Waals surface area contributed by atoms with Gasteiger partial charge in [0.15, 0.2) is 0 Å². The van der Waals surface area contributed by atoms with Crippen LogP contribution in [-0.4, -0.2) is 23.9 Å². The Morgan fingerprint density at radius 1 is 1.31 bits per heavy atom. The van der Waals surface area contributed by atoms with Crippen LogP contribution in [0.25, 0.3) is 0 Å². The lowest BCUT2D eigenvalue weighted by atomic mass is 10.1. The second-order valence-corrected chi connectivity index (χ2v) is 3.67. The highest BCUT2D eigenvalue weighted by Gasteiger charge is 2.12. The second-order valence-electron chi connectivity index (χ2n) is 3.67. The molecule has 0 aliphatic rings. The molecule has 0 aliphatic heterocycles. The van der Waals surface area contributed by atoms with Crippen molar-refractivity contribution in [2.45, 2.75) is 26.7 Å². The number of allylic oxidation sites excluding steroid dienone is 1. The SMILES string of the molecule is C=CCN(CC=C)C(CCC)=C(C)C(N)=O. The molecule has 1 amide bonds. The summed E-state index contributed by atoms with van der Waals surface area (Å²) in [5.74, 6) is -0.360. The minimum atomic E-state index is -0.360. The Bertz CT molecular complexity index is 282. The molecule has 0 fully saturated rings. The van der Waals surface area contributed by atoms with Gasteiger partial charge in [-0.3, -0.25) is 4.79 Å². The van der Waals surface area contributed by atoms with Gasteiger partial charge in [0, 0.05) is 24.4 Å². The fourth-order valence-corrected chi connectivity index (χ4v) is 1.57. The van der Waals surface area contributed by atoms with Gasteiger partial charge in [-0.1, -0.05) is 25.5 Å². The van der Waals surface area contributed by atoms with Crippen molar-refractivity contribution in [3.05, 3.63) is 36.6 Å². The predicted molar refractivity (Wildman–Crippen MR) is 68.8 cm³/mol. The van der Waals surface area contributed by atoms with Crippen LogP contribution in [0.3, 0.4) is 0 Å². The molecule has 0 spiro atoms. The number of rotatable bonds is 8. The van der Waals surface area contributed by atoms with Crippen molar-refractivity contribution in [2.75, 3.05) is 13.1 Å². The molecule has 0 aromatic rings. The Balaban J connectivity index is 5.10. The number of nitrogens with two attached hydrogens (primary N) is 1. The normalized spacial score (nSPS) is 11.6. The molecule has 0 saturated heterocycles. The summed E-state index contributed by atoms with van der Waals surface area (Å²) in [4.78, 5) is 13.3. The fraction of sp³-hybridized carbons (Fsp3) is 0.462. The highest BCUT2D eigenvalue weighted by Crippen LogP contribution is 2.16. The van der Waals surface area contributed by atoms with Crippen LogP contribution in [0, 0.1) is 0 Å². The molecule has 0 aromatic carbocycles. The van der Waals surface area contributed by atoms with Crippen LogP contribution in [0.5, 0.6) is 0 Å². The summed E-state index contributed by atoms with van der Waals surface area (Å²) in [7, 11) is 0. The lowest BCUT2D eigenvalue weighted by Crippen LogP contribution is -2.27. The number of hydrogen-bond acceptors (Lipinski definition) is 2. The summed E-state index contributed by atoms with van der Waals surface area (Å²) in [6.07, 6.45) is 5.45. The zero-order chi connectivity index (χ0) is 12.6. The van der Waals surface area contributed by atoms with Gasteiger partial charge < -0.3 is 10.6 Å². The Hall–Kier alpha value is -1.51. The number of primary amides is 1. The number of carbonyl (C=O) groups excluding carboxylic acids is 1. The average Bonchev–Trinajstić information content (AvgIpc) is 2.24. The number of amides is 1. The lowest BCUT2D eigenvalue weighted by molar-refractivity contribution is -0.114. The third kappa shape index (κ3) is 4.34. The maximum atomic E-state index is 11.2. The predicted octanol–water partition coefficient (Wildman–Crippen LogP) is 2.22. The standard InChI is InChI=1S/C13H22N2O/c1-5-8-12(11(4)13(14)16)15(9-6-2)10-7-3/h6-7H,2-3,5,8-10H2,1,4H3,(H2,14,16). The van der Waals surface area contributed by atoms with E-state index in [1.54, 1.807) is 6.92 Å². The van der Waals surface area contributed by atoms with Gasteiger partial charge in [-0.15, -0.1) is 13.2 Å². The maximum Gasteiger partial charge on any atom is 0.246 e. The van der Waals surface area contributed by atoms with Gasteiger partial charge in [-0.2, -0.15) is 0 Å². The molecule has 0 unspecified atom stereocenters. The van der Waals surface area contributed by atoms with Crippen LogP contribution in [0.1, 0.15) is 26.7 Å². The molecule has 0 bridgehead atoms. The van der Waals surface area contributed by atoms with Crippen molar-refractivity contribution in [2.24, 2.45) is 5.73 Å². The number of carbonyl (C=O) groups is 1. The first-order chi connectivity index (χ1) is 7.58. The fourth-order valence-electron chi connectivity index (χ4n) is 1.57. The van der Waals surface area contributed by atoms with Gasteiger partial charge in [0.05, 0.1) is 0 Å². The van der Waals surface area contributed by atoms with E-state index >= 15 is 0 Å². The number of hydrogen-bond donors (Lipinski definition) is 1. The minimum Gasteiger partial charge on any atom is -0.367 e. The quantitative estimate of drug-likeness (QED) is 0.505. The lowest BCUT2D eigenvalue weighted by Gasteiger charge is -2.26. The smallest absolute Gasteiger partial charge is 0.246 e. The van der Waals surface area contributed by atoms with E-state index in [9.17, 15) is 4.79 Å². The van der Waals surface area contributed by atoms with Crippen LogP contribution < -0.4 is 5.73 Å². The van der Waals surface area contributed by atoms with E-state index < -0.39 is 0 Å². The molecule has 3 nitrogen and oxygen atoms in total. The van der Waals surface area contributed by atoms with Crippen molar-refractivity contribution >= 4 is 5.91 Å². The zero-order valence-electron chi connectivity index (χ0n) is 10.3. The molecule has 0 aromatic heterocycles. The maximum absolute atomic E-state index is 11.2. The third-order valence-corrected chi connectivity index (χ3v) is 2.37. The van der Waals surface area contributed by atoms with Gasteiger partial charge in [0.2, 0.25) is 5.91 Å². The van der Waals surface area contributed by atoms with E-state index in [1.807, 2.05) is 12.2 Å². The van der Waals surface area contributed by atoms with E-state index in [4.69, 9.17) is 5.73 Å². The van der Waals surface area contributed by atoms with Crippen LogP contribution in [0.4, 0.5) is 0 Å². The molecule has 3 heteroatoms. The van der Waals surface area contributed by atoms with Gasteiger partial charge in [-0.05, 0) is 13.3 Å². The molecule has 2 N–H and O–H groups in total. The molecule has 0 radical (unpaired) electrons. The third-order valence-electron chi connectivity index (χ3n) is 2.37. The molecular formula is C13H22N2O. The summed E-state index contributed by atoms with van der Waals surface area (Å²) in [6.45, 7) is 12.7. The zero-order valence-corrected chi connectivity index (χ0v) is 10.3. The van der Waals surface area contributed by atoms with E-state index in [-0.39, 0.29) is 5.91 Å². The van der Waals surface area contributed by atoms with Crippen LogP contribution in [-0.2, 0) is 4.79 Å². The Morgan fingerprint density at radius 2 is 1.81 bits per heavy atom. The molecule has 0 saturated carbocycles. The van der Waals surface area contributed by atoms with E-state index in [0.29, 0.717) is 18.7 Å². The molecule has 0 atom stereocenters. The van der Waals surface area contributed by atoms with Crippen molar-refractivity contribution in [1.82, 2.24) is 4.90 Å². The summed E-state index contributed by atoms with van der Waals surface area (Å²) < 4.78 is 0. The molecule has 16 heavy (non-hydrogen) atoms. The number of nitrogens with zero attached hydrogens (tertiary/aromatic N) is 1. The van der Waals surface area contributed by atoms with E-state index in [2.05, 4.69) is 25.0 Å². The first kappa shape index (κ1) is 14.5. The molecular weight excluding hydrogens is 200 g/mol. The van der Waals surface area contributed by atoms with Gasteiger partial charge in [0.25, 0.3) is 0 Å². The van der Waals surface area contributed by atoms with E-state index in [0.717, 1.165) is 18.5 Å². The minimum absolute atomic E-state index is 0.360. The molecule has 90 valence electrons. The van der Waals surface area contributed by atoms with Crippen LogP contribution >= 0.6 is 0 Å². The van der Waals surface area contributed by atoms with Gasteiger partial charge >= 0.3 is 0 Å². The molecule has 0 heterocycles. The topological polar surface area (TPSA) is 46.3 Å². The highest BCUT2D eigenvalue weighted by molar-refractivity contribution is 5.92. The largest absolute Gasteiger partial charge is 0.367 e. The summed E-state index contributed by atoms with van der Waals surface area (Å²) in [6, 6.07) is 0. The molecule has 0 aliphatic carbocycles. The van der Waals surface area contributed by atoms with Crippen molar-refractivity contribution in [1.29, 1.82) is 0 Å². The summed E-state index contributed by atoms with van der Waals surface area (Å²) in [5.41, 5.74) is 6.95. The van der Waals surface area contributed by atoms with Gasteiger partial charge in [-0.25, -0.2) is 0 Å². The van der Waals surface area contributed by atoms with Crippen molar-refractivity contribution in [3.8, 4) is 0 Å². The van der Waals surface area contributed by atoms with Crippen molar-refractivity contribution in [3.63, 3.8) is 0 Å². The monoisotopic (exact) mass is 222 g/mol. The van der Waals surface area contributed by atoms with Crippen LogP contribution in [0.2, 0.25) is 0 Å². The Morgan fingerprint density at radius 3 is 2.12 bits per heavy atom. The first-order valence-electron chi connectivity index (χ1n) is 5.54. The Labute approximate surface area is 98.3 Å². The summed E-state index contributed by atoms with van der Waals surface area (Å²) >= 11 is 0. The van der Waals surface area contributed by atoms with Crippen molar-refractivity contribution < 1.29 is 4.79 Å². The molecule has 0 rings (SSSR count). The highest BCUT2D eigenvalue weighted by atomic mass is 16.1. The van der Waals surface area contributed by atoms with Gasteiger partial charge in [0.1, 0.15) is 0 Å². The van der Waals surface area contributed by atoms with Crippen LogP contribution in [0.15, 0.2) is 36.6 Å². The first-order valence-corrected chi connectivity index (χ1v) is 5.54. The average molecular weight is 222 g/mol. The summed E-state index contributed by atoms with van der Waals surface area (Å²) in [5, 5.41) is 0.